The Morgan fingerprint density at radius 2 is 2.00 bits per heavy atom. The van der Waals surface area contributed by atoms with E-state index in [2.05, 4.69) is 12.1 Å². The molecular weight excluding hydrogens is 325 g/mol. The number of hydrogen-bond acceptors (Lipinski definition) is 2. The van der Waals surface area contributed by atoms with Crippen molar-refractivity contribution < 1.29 is 4.79 Å². The van der Waals surface area contributed by atoms with Gasteiger partial charge in [-0.2, -0.15) is 0 Å². The van der Waals surface area contributed by atoms with Crippen LogP contribution in [0.1, 0.15) is 24.7 Å². The Morgan fingerprint density at radius 1 is 1.33 bits per heavy atom. The van der Waals surface area contributed by atoms with Gasteiger partial charge in [0.25, 0.3) is 0 Å². The highest BCUT2D eigenvalue weighted by Crippen LogP contribution is 2.52. The highest BCUT2D eigenvalue weighted by molar-refractivity contribution is 8.00. The Bertz CT molecular complexity index is 536. The number of hydrogen-bond donors (Lipinski definition) is 0. The molecule has 1 amide bonds. The van der Waals surface area contributed by atoms with Crippen LogP contribution in [0.2, 0.25) is 0 Å². The zero-order valence-electron chi connectivity index (χ0n) is 12.1. The van der Waals surface area contributed by atoms with E-state index in [1.807, 2.05) is 36.9 Å². The number of carbonyl (C=O) groups excluding carboxylic acids is 1. The minimum atomic E-state index is -0.374. The van der Waals surface area contributed by atoms with E-state index in [4.69, 9.17) is 23.2 Å². The minimum Gasteiger partial charge on any atom is -0.335 e. The number of thioether (sulfide) groups is 1. The molecule has 21 heavy (non-hydrogen) atoms. The number of alkyl halides is 2. The molecule has 0 aliphatic carbocycles. The Kier molecular flexibility index (Phi) is 4.19. The second kappa shape index (κ2) is 5.68. The topological polar surface area (TPSA) is 20.3 Å². The molecular formula is C16H19Cl2NOS. The third kappa shape index (κ3) is 2.47. The second-order valence-electron chi connectivity index (χ2n) is 6.31. The molecule has 2 saturated heterocycles. The molecule has 2 nitrogen and oxygen atoms in total. The molecule has 114 valence electrons. The van der Waals surface area contributed by atoms with Crippen LogP contribution in [-0.2, 0) is 4.79 Å². The van der Waals surface area contributed by atoms with Crippen molar-refractivity contribution in [2.45, 2.75) is 35.8 Å². The minimum absolute atomic E-state index is 0.0811. The predicted octanol–water partition coefficient (Wildman–Crippen LogP) is 3.93. The molecule has 0 radical (unpaired) electrons. The number of β-lactam (4-membered cyclic amide) rings is 1. The molecule has 0 spiro atoms. The predicted molar refractivity (Wildman–Crippen MR) is 90.2 cm³/mol. The molecule has 0 saturated carbocycles. The van der Waals surface area contributed by atoms with Gasteiger partial charge in [-0.25, -0.2) is 0 Å². The maximum atomic E-state index is 12.3. The lowest BCUT2D eigenvalue weighted by Crippen LogP contribution is -2.70. The molecule has 4 unspecified atom stereocenters. The summed E-state index contributed by atoms with van der Waals surface area (Å²) < 4.78 is 0. The first-order valence-corrected chi connectivity index (χ1v) is 9.09. The number of halogens is 2. The van der Waals surface area contributed by atoms with Crippen molar-refractivity contribution in [3.63, 3.8) is 0 Å². The van der Waals surface area contributed by atoms with E-state index in [9.17, 15) is 4.79 Å². The van der Waals surface area contributed by atoms with E-state index in [1.165, 1.54) is 5.56 Å². The van der Waals surface area contributed by atoms with Crippen molar-refractivity contribution in [3.05, 3.63) is 35.9 Å². The average Bonchev–Trinajstić information content (AvgIpc) is 2.63. The molecule has 4 atom stereocenters. The highest BCUT2D eigenvalue weighted by Gasteiger charge is 2.59. The fraction of sp³-hybridized carbons (Fsp3) is 0.562. The van der Waals surface area contributed by atoms with Gasteiger partial charge in [-0.3, -0.25) is 4.79 Å². The van der Waals surface area contributed by atoms with E-state index >= 15 is 0 Å². The Balaban J connectivity index is 1.96. The van der Waals surface area contributed by atoms with Gasteiger partial charge >= 0.3 is 0 Å². The van der Waals surface area contributed by atoms with Gasteiger partial charge in [0, 0.05) is 22.9 Å². The monoisotopic (exact) mass is 343 g/mol. The van der Waals surface area contributed by atoms with Gasteiger partial charge in [0.05, 0.1) is 16.8 Å². The van der Waals surface area contributed by atoms with E-state index in [0.717, 1.165) is 0 Å². The summed E-state index contributed by atoms with van der Waals surface area (Å²) in [6.45, 7) is 4.70. The fourth-order valence-electron chi connectivity index (χ4n) is 3.41. The van der Waals surface area contributed by atoms with Gasteiger partial charge in [0.2, 0.25) is 5.91 Å². The van der Waals surface area contributed by atoms with Crippen LogP contribution in [0, 0.1) is 5.41 Å². The third-order valence-electron chi connectivity index (χ3n) is 4.52. The molecule has 2 aliphatic heterocycles. The van der Waals surface area contributed by atoms with Crippen molar-refractivity contribution in [1.82, 2.24) is 4.90 Å². The number of amides is 1. The van der Waals surface area contributed by atoms with Gasteiger partial charge in [-0.15, -0.1) is 35.0 Å². The van der Waals surface area contributed by atoms with Crippen LogP contribution in [-0.4, -0.2) is 39.9 Å². The number of fused-ring (bicyclic) bond motifs is 1. The standard InChI is InChI=1S/C16H19Cl2NOS/c1-16(2)14-12(18)13(10-6-4-3-5-7-10)21-11(8-17)9-19(14)15(16)20/h3-7,11-14H,8-9H2,1-2H3. The number of benzene rings is 1. The first-order valence-electron chi connectivity index (χ1n) is 7.18. The number of carbonyl (C=O) groups is 1. The average molecular weight is 344 g/mol. The summed E-state index contributed by atoms with van der Waals surface area (Å²) in [6, 6.07) is 10.4. The lowest BCUT2D eigenvalue weighted by Gasteiger charge is -2.54. The molecule has 0 aromatic heterocycles. The quantitative estimate of drug-likeness (QED) is 0.599. The zero-order chi connectivity index (χ0) is 15.2. The van der Waals surface area contributed by atoms with Crippen molar-refractivity contribution in [3.8, 4) is 0 Å². The van der Waals surface area contributed by atoms with E-state index < -0.39 is 0 Å². The van der Waals surface area contributed by atoms with Crippen LogP contribution >= 0.6 is 35.0 Å². The Labute approximate surface area is 140 Å². The first-order chi connectivity index (χ1) is 9.96. The summed E-state index contributed by atoms with van der Waals surface area (Å²) in [7, 11) is 0. The summed E-state index contributed by atoms with van der Waals surface area (Å²) in [5.74, 6) is 0.733. The van der Waals surface area contributed by atoms with E-state index in [0.29, 0.717) is 12.4 Å². The molecule has 0 N–H and O–H groups in total. The molecule has 3 rings (SSSR count). The third-order valence-corrected chi connectivity index (χ3v) is 7.27. The van der Waals surface area contributed by atoms with Crippen LogP contribution in [0.25, 0.3) is 0 Å². The lowest BCUT2D eigenvalue weighted by atomic mass is 9.71. The molecule has 1 aromatic carbocycles. The summed E-state index contributed by atoms with van der Waals surface area (Å²) in [5.41, 5.74) is 0.843. The maximum Gasteiger partial charge on any atom is 0.230 e. The number of nitrogens with zero attached hydrogens (tertiary/aromatic N) is 1. The SMILES string of the molecule is CC1(C)C(=O)N2CC(CCl)SC(c3ccccc3)C(Cl)C21. The summed E-state index contributed by atoms with van der Waals surface area (Å²) in [4.78, 5) is 14.3. The van der Waals surface area contributed by atoms with Crippen molar-refractivity contribution in [2.75, 3.05) is 12.4 Å². The summed E-state index contributed by atoms with van der Waals surface area (Å²) >= 11 is 14.7. The molecule has 2 aliphatic rings. The van der Waals surface area contributed by atoms with Crippen LogP contribution in [0.4, 0.5) is 0 Å². The lowest BCUT2D eigenvalue weighted by molar-refractivity contribution is -0.167. The van der Waals surface area contributed by atoms with Crippen LogP contribution in [0.15, 0.2) is 30.3 Å². The Morgan fingerprint density at radius 3 is 2.62 bits per heavy atom. The second-order valence-corrected chi connectivity index (χ2v) is 8.57. The first kappa shape index (κ1) is 15.5. The smallest absolute Gasteiger partial charge is 0.230 e. The van der Waals surface area contributed by atoms with E-state index in [1.54, 1.807) is 11.8 Å². The van der Waals surface area contributed by atoms with Gasteiger partial charge in [0.15, 0.2) is 0 Å². The van der Waals surface area contributed by atoms with Gasteiger partial charge in [0.1, 0.15) is 0 Å². The van der Waals surface area contributed by atoms with Crippen molar-refractivity contribution in [1.29, 1.82) is 0 Å². The van der Waals surface area contributed by atoms with E-state index in [-0.39, 0.29) is 33.2 Å². The van der Waals surface area contributed by atoms with Crippen LogP contribution < -0.4 is 0 Å². The maximum absolute atomic E-state index is 12.3. The van der Waals surface area contributed by atoms with Crippen LogP contribution in [0.5, 0.6) is 0 Å². The molecule has 1 aromatic rings. The van der Waals surface area contributed by atoms with Crippen molar-refractivity contribution >= 4 is 40.9 Å². The highest BCUT2D eigenvalue weighted by atomic mass is 35.5. The molecule has 2 heterocycles. The summed E-state index contributed by atoms with van der Waals surface area (Å²) in [6.07, 6.45) is 0. The van der Waals surface area contributed by atoms with Gasteiger partial charge < -0.3 is 4.90 Å². The fourth-order valence-corrected chi connectivity index (χ4v) is 5.85. The summed E-state index contributed by atoms with van der Waals surface area (Å²) in [5, 5.41) is 0.292. The Hall–Kier alpha value is -0.380. The zero-order valence-corrected chi connectivity index (χ0v) is 14.5. The van der Waals surface area contributed by atoms with Crippen LogP contribution in [0.3, 0.4) is 0 Å². The number of rotatable bonds is 2. The normalized spacial score (nSPS) is 34.9. The largest absolute Gasteiger partial charge is 0.335 e. The van der Waals surface area contributed by atoms with Gasteiger partial charge in [-0.05, 0) is 19.4 Å². The van der Waals surface area contributed by atoms with Crippen molar-refractivity contribution in [2.24, 2.45) is 5.41 Å². The molecule has 5 heteroatoms. The molecule has 2 fully saturated rings. The molecule has 0 bridgehead atoms. The van der Waals surface area contributed by atoms with Gasteiger partial charge in [-0.1, -0.05) is 30.3 Å².